The number of urea groups is 1. The van der Waals surface area contributed by atoms with E-state index >= 15 is 0 Å². The Morgan fingerprint density at radius 2 is 1.75 bits per heavy atom. The molecule has 0 unspecified atom stereocenters. The Kier molecular flexibility index (Phi) is 7.65. The Morgan fingerprint density at radius 3 is 2.39 bits per heavy atom. The van der Waals surface area contributed by atoms with Crippen LogP contribution in [0.1, 0.15) is 37.7 Å². The number of amides is 3. The van der Waals surface area contributed by atoms with E-state index < -0.39 is 0 Å². The molecule has 0 aromatic carbocycles. The highest BCUT2D eigenvalue weighted by molar-refractivity contribution is 5.80. The molecule has 7 nitrogen and oxygen atoms in total. The van der Waals surface area contributed by atoms with Gasteiger partial charge in [-0.3, -0.25) is 9.78 Å². The molecule has 0 saturated carbocycles. The van der Waals surface area contributed by atoms with Crippen molar-refractivity contribution in [1.29, 1.82) is 0 Å². The summed E-state index contributed by atoms with van der Waals surface area (Å²) in [4.78, 5) is 35.6. The number of hydrogen-bond acceptors (Lipinski definition) is 4. The zero-order valence-electron chi connectivity index (χ0n) is 16.9. The van der Waals surface area contributed by atoms with Gasteiger partial charge in [-0.2, -0.15) is 0 Å². The van der Waals surface area contributed by atoms with Crippen LogP contribution in [-0.4, -0.2) is 78.1 Å². The molecule has 28 heavy (non-hydrogen) atoms. The van der Waals surface area contributed by atoms with Gasteiger partial charge in [-0.25, -0.2) is 4.79 Å². The van der Waals surface area contributed by atoms with Gasteiger partial charge in [-0.15, -0.1) is 0 Å². The number of aromatic nitrogens is 1. The molecule has 0 aliphatic carbocycles. The van der Waals surface area contributed by atoms with E-state index in [2.05, 4.69) is 4.98 Å². The summed E-state index contributed by atoms with van der Waals surface area (Å²) in [5, 5.41) is 0. The quantitative estimate of drug-likeness (QED) is 0.673. The van der Waals surface area contributed by atoms with Gasteiger partial charge in [0.15, 0.2) is 0 Å². The first-order valence-corrected chi connectivity index (χ1v) is 10.4. The van der Waals surface area contributed by atoms with Crippen molar-refractivity contribution in [3.8, 4) is 0 Å². The van der Waals surface area contributed by atoms with Crippen molar-refractivity contribution in [2.75, 3.05) is 46.4 Å². The summed E-state index contributed by atoms with van der Waals surface area (Å²) in [6.45, 7) is 5.01. The van der Waals surface area contributed by atoms with Gasteiger partial charge in [-0.1, -0.05) is 0 Å². The van der Waals surface area contributed by atoms with E-state index in [1.54, 1.807) is 19.5 Å². The second-order valence-corrected chi connectivity index (χ2v) is 7.70. The summed E-state index contributed by atoms with van der Waals surface area (Å²) in [6, 6.07) is 4.05. The van der Waals surface area contributed by atoms with Gasteiger partial charge < -0.3 is 19.4 Å². The SMILES string of the molecule is COCCCN(Cc1ccncc1)C(=O)C1CCN(C(=O)N2CCCC2)CC1. The van der Waals surface area contributed by atoms with Crippen LogP contribution in [0.3, 0.4) is 0 Å². The summed E-state index contributed by atoms with van der Waals surface area (Å²) in [5.41, 5.74) is 1.09. The van der Waals surface area contributed by atoms with Gasteiger partial charge >= 0.3 is 6.03 Å². The summed E-state index contributed by atoms with van der Waals surface area (Å²) in [7, 11) is 1.68. The van der Waals surface area contributed by atoms with Crippen molar-refractivity contribution < 1.29 is 14.3 Å². The largest absolute Gasteiger partial charge is 0.385 e. The number of hydrogen-bond donors (Lipinski definition) is 0. The number of carbonyl (C=O) groups excluding carboxylic acids is 2. The van der Waals surface area contributed by atoms with Gasteiger partial charge in [0, 0.05) is 71.3 Å². The Bertz CT molecular complexity index is 626. The second kappa shape index (κ2) is 10.4. The van der Waals surface area contributed by atoms with Gasteiger partial charge in [0.25, 0.3) is 0 Å². The van der Waals surface area contributed by atoms with Crippen molar-refractivity contribution in [2.24, 2.45) is 5.92 Å². The van der Waals surface area contributed by atoms with Crippen LogP contribution in [0.25, 0.3) is 0 Å². The topological polar surface area (TPSA) is 66.0 Å². The molecule has 154 valence electrons. The molecular formula is C21H32N4O3. The van der Waals surface area contributed by atoms with E-state index in [0.717, 1.165) is 50.8 Å². The van der Waals surface area contributed by atoms with Crippen molar-refractivity contribution >= 4 is 11.9 Å². The van der Waals surface area contributed by atoms with Crippen molar-refractivity contribution in [3.63, 3.8) is 0 Å². The maximum Gasteiger partial charge on any atom is 0.319 e. The van der Waals surface area contributed by atoms with Crippen LogP contribution >= 0.6 is 0 Å². The lowest BCUT2D eigenvalue weighted by Gasteiger charge is -2.36. The van der Waals surface area contributed by atoms with E-state index in [-0.39, 0.29) is 17.9 Å². The lowest BCUT2D eigenvalue weighted by Crippen LogP contribution is -2.48. The average Bonchev–Trinajstić information content (AvgIpc) is 3.28. The number of likely N-dealkylation sites (tertiary alicyclic amines) is 2. The first-order chi connectivity index (χ1) is 13.7. The molecule has 0 spiro atoms. The fraction of sp³-hybridized carbons (Fsp3) is 0.667. The van der Waals surface area contributed by atoms with Crippen LogP contribution in [0.4, 0.5) is 4.79 Å². The molecule has 2 fully saturated rings. The molecule has 2 saturated heterocycles. The maximum absolute atomic E-state index is 13.2. The van der Waals surface area contributed by atoms with Gasteiger partial charge in [0.2, 0.25) is 5.91 Å². The first-order valence-electron chi connectivity index (χ1n) is 10.4. The summed E-state index contributed by atoms with van der Waals surface area (Å²) in [6.07, 6.45) is 8.04. The smallest absolute Gasteiger partial charge is 0.319 e. The molecule has 1 aromatic rings. The number of rotatable bonds is 7. The Labute approximate surface area is 167 Å². The molecule has 3 heterocycles. The van der Waals surface area contributed by atoms with Crippen molar-refractivity contribution in [2.45, 2.75) is 38.6 Å². The molecule has 3 rings (SSSR count). The lowest BCUT2D eigenvalue weighted by atomic mass is 9.95. The van der Waals surface area contributed by atoms with Crippen LogP contribution in [0.15, 0.2) is 24.5 Å². The minimum absolute atomic E-state index is 0.00740. The zero-order chi connectivity index (χ0) is 19.8. The van der Waals surface area contributed by atoms with Crippen LogP contribution in [-0.2, 0) is 16.1 Å². The van der Waals surface area contributed by atoms with E-state index in [9.17, 15) is 9.59 Å². The number of nitrogens with zero attached hydrogens (tertiary/aromatic N) is 4. The third-order valence-corrected chi connectivity index (χ3v) is 5.70. The van der Waals surface area contributed by atoms with Crippen LogP contribution in [0, 0.1) is 5.92 Å². The van der Waals surface area contributed by atoms with Crippen molar-refractivity contribution in [3.05, 3.63) is 30.1 Å². The standard InChI is InChI=1S/C21H32N4O3/c1-28-16-4-13-25(17-18-5-9-22-10-6-18)20(26)19-7-14-24(15-8-19)21(27)23-11-2-3-12-23/h5-6,9-10,19H,2-4,7-8,11-17H2,1H3. The predicted octanol–water partition coefficient (Wildman–Crippen LogP) is 2.37. The molecule has 0 N–H and O–H groups in total. The number of ether oxygens (including phenoxy) is 1. The van der Waals surface area contributed by atoms with Crippen molar-refractivity contribution in [1.82, 2.24) is 19.7 Å². The summed E-state index contributed by atoms with van der Waals surface area (Å²) in [5.74, 6) is 0.188. The Hall–Kier alpha value is -2.15. The highest BCUT2D eigenvalue weighted by Gasteiger charge is 2.32. The molecule has 0 atom stereocenters. The number of methoxy groups -OCH3 is 1. The fourth-order valence-electron chi connectivity index (χ4n) is 4.06. The first kappa shape index (κ1) is 20.6. The normalized spacial score (nSPS) is 17.8. The third-order valence-electron chi connectivity index (χ3n) is 5.70. The van der Waals surface area contributed by atoms with E-state index in [1.807, 2.05) is 26.8 Å². The van der Waals surface area contributed by atoms with E-state index in [1.165, 1.54) is 0 Å². The molecule has 2 aliphatic heterocycles. The summed E-state index contributed by atoms with van der Waals surface area (Å²) < 4.78 is 5.16. The molecule has 0 bridgehead atoms. The second-order valence-electron chi connectivity index (χ2n) is 7.70. The van der Waals surface area contributed by atoms with E-state index in [4.69, 9.17) is 4.74 Å². The Balaban J connectivity index is 1.55. The number of piperidine rings is 1. The molecule has 3 amide bonds. The zero-order valence-corrected chi connectivity index (χ0v) is 16.9. The highest BCUT2D eigenvalue weighted by Crippen LogP contribution is 2.23. The highest BCUT2D eigenvalue weighted by atomic mass is 16.5. The predicted molar refractivity (Wildman–Crippen MR) is 107 cm³/mol. The third kappa shape index (κ3) is 5.44. The Morgan fingerprint density at radius 1 is 1.11 bits per heavy atom. The van der Waals surface area contributed by atoms with Gasteiger partial charge in [0.05, 0.1) is 0 Å². The number of carbonyl (C=O) groups is 2. The average molecular weight is 389 g/mol. The number of pyridine rings is 1. The molecule has 7 heteroatoms. The van der Waals surface area contributed by atoms with Crippen LogP contribution < -0.4 is 0 Å². The van der Waals surface area contributed by atoms with E-state index in [0.29, 0.717) is 32.8 Å². The fourth-order valence-corrected chi connectivity index (χ4v) is 4.06. The van der Waals surface area contributed by atoms with Crippen LogP contribution in [0.5, 0.6) is 0 Å². The minimum Gasteiger partial charge on any atom is -0.385 e. The monoisotopic (exact) mass is 388 g/mol. The lowest BCUT2D eigenvalue weighted by molar-refractivity contribution is -0.137. The molecule has 0 radical (unpaired) electrons. The maximum atomic E-state index is 13.2. The molecule has 2 aliphatic rings. The summed E-state index contributed by atoms with van der Waals surface area (Å²) >= 11 is 0. The van der Waals surface area contributed by atoms with Crippen LogP contribution in [0.2, 0.25) is 0 Å². The molecular weight excluding hydrogens is 356 g/mol. The van der Waals surface area contributed by atoms with Gasteiger partial charge in [0.1, 0.15) is 0 Å². The molecule has 1 aromatic heterocycles. The van der Waals surface area contributed by atoms with Gasteiger partial charge in [-0.05, 0) is 49.8 Å². The minimum atomic E-state index is -0.00740.